The second-order valence-electron chi connectivity index (χ2n) is 4.51. The van der Waals surface area contributed by atoms with Crippen LogP contribution in [0.3, 0.4) is 0 Å². The summed E-state index contributed by atoms with van der Waals surface area (Å²) in [5, 5.41) is 0. The van der Waals surface area contributed by atoms with Crippen molar-refractivity contribution >= 4 is 8.56 Å². The molecule has 0 amide bonds. The van der Waals surface area contributed by atoms with Gasteiger partial charge in [-0.2, -0.15) is 0 Å². The van der Waals surface area contributed by atoms with Gasteiger partial charge in [-0.3, -0.25) is 0 Å². The molecule has 1 rings (SSSR count). The topological polar surface area (TPSA) is 18.5 Å². The van der Waals surface area contributed by atoms with Gasteiger partial charge in [-0.05, 0) is 31.4 Å². The van der Waals surface area contributed by atoms with Gasteiger partial charge >= 0.3 is 8.56 Å². The molecular formula is C11H24O2Si. The first kappa shape index (κ1) is 12.2. The van der Waals surface area contributed by atoms with E-state index in [1.54, 1.807) is 7.11 Å². The highest BCUT2D eigenvalue weighted by atomic mass is 28.4. The highest BCUT2D eigenvalue weighted by Gasteiger charge is 2.28. The van der Waals surface area contributed by atoms with Gasteiger partial charge in [0.2, 0.25) is 0 Å². The molecule has 1 aliphatic rings. The van der Waals surface area contributed by atoms with Crippen LogP contribution in [0.4, 0.5) is 0 Å². The molecule has 1 saturated carbocycles. The first-order chi connectivity index (χ1) is 6.70. The van der Waals surface area contributed by atoms with Crippen molar-refractivity contribution in [3.8, 4) is 0 Å². The normalized spacial score (nSPS) is 23.4. The number of hydrogen-bond donors (Lipinski definition) is 0. The summed E-state index contributed by atoms with van der Waals surface area (Å²) in [6.45, 7) is 5.26. The first-order valence-electron chi connectivity index (χ1n) is 5.89. The minimum Gasteiger partial charge on any atom is -0.398 e. The Balaban J connectivity index is 2.23. The minimum absolute atomic E-state index is 0.803. The van der Waals surface area contributed by atoms with Gasteiger partial charge in [0.1, 0.15) is 0 Å². The van der Waals surface area contributed by atoms with Gasteiger partial charge in [0, 0.05) is 13.7 Å². The quantitative estimate of drug-likeness (QED) is 0.656. The van der Waals surface area contributed by atoms with Crippen molar-refractivity contribution < 1.29 is 8.85 Å². The van der Waals surface area contributed by atoms with Gasteiger partial charge in [-0.25, -0.2) is 0 Å². The lowest BCUT2D eigenvalue weighted by Crippen LogP contribution is -2.38. The molecule has 1 aliphatic carbocycles. The van der Waals surface area contributed by atoms with E-state index >= 15 is 0 Å². The summed E-state index contributed by atoms with van der Waals surface area (Å²) in [6, 6.07) is 1.05. The molecule has 2 nitrogen and oxygen atoms in total. The lowest BCUT2D eigenvalue weighted by atomic mass is 9.90. The summed E-state index contributed by atoms with van der Waals surface area (Å²) in [6.07, 6.45) is 6.93. The zero-order chi connectivity index (χ0) is 10.4. The van der Waals surface area contributed by atoms with Crippen molar-refractivity contribution in [1.82, 2.24) is 0 Å². The highest BCUT2D eigenvalue weighted by molar-refractivity contribution is 6.65. The van der Waals surface area contributed by atoms with Crippen LogP contribution in [-0.4, -0.2) is 22.3 Å². The van der Waals surface area contributed by atoms with E-state index in [4.69, 9.17) is 8.85 Å². The summed E-state index contributed by atoms with van der Waals surface area (Å²) in [5.41, 5.74) is 0. The lowest BCUT2D eigenvalue weighted by molar-refractivity contribution is 0.152. The number of hydrogen-bond acceptors (Lipinski definition) is 2. The summed E-state index contributed by atoms with van der Waals surface area (Å²) in [4.78, 5) is 0. The van der Waals surface area contributed by atoms with Crippen LogP contribution in [0.25, 0.3) is 0 Å². The summed E-state index contributed by atoms with van der Waals surface area (Å²) in [7, 11) is 0.00698. The highest BCUT2D eigenvalue weighted by Crippen LogP contribution is 2.25. The Hall–Kier alpha value is 0.137. The van der Waals surface area contributed by atoms with E-state index in [-0.39, 0.29) is 0 Å². The van der Waals surface area contributed by atoms with Crippen molar-refractivity contribution in [3.05, 3.63) is 0 Å². The van der Waals surface area contributed by atoms with Gasteiger partial charge < -0.3 is 8.85 Å². The average molecular weight is 216 g/mol. The van der Waals surface area contributed by atoms with Gasteiger partial charge in [0.15, 0.2) is 0 Å². The van der Waals surface area contributed by atoms with Crippen LogP contribution in [0.1, 0.15) is 39.0 Å². The predicted molar refractivity (Wildman–Crippen MR) is 61.6 cm³/mol. The number of rotatable bonds is 5. The second-order valence-corrected chi connectivity index (χ2v) is 8.18. The third-order valence-corrected chi connectivity index (χ3v) is 6.35. The van der Waals surface area contributed by atoms with E-state index < -0.39 is 8.56 Å². The maximum atomic E-state index is 5.98. The van der Waals surface area contributed by atoms with Crippen molar-refractivity contribution in [2.45, 2.75) is 51.6 Å². The van der Waals surface area contributed by atoms with Crippen molar-refractivity contribution in [2.75, 3.05) is 13.7 Å². The van der Waals surface area contributed by atoms with E-state index in [9.17, 15) is 0 Å². The van der Waals surface area contributed by atoms with Crippen molar-refractivity contribution in [1.29, 1.82) is 0 Å². The molecule has 0 aromatic carbocycles. The molecule has 84 valence electrons. The van der Waals surface area contributed by atoms with Gasteiger partial charge in [-0.15, -0.1) is 0 Å². The summed E-state index contributed by atoms with van der Waals surface area (Å²) in [5.74, 6) is 0.803. The van der Waals surface area contributed by atoms with Crippen LogP contribution in [0.5, 0.6) is 0 Å². The molecule has 0 heterocycles. The minimum atomic E-state index is -1.78. The maximum Gasteiger partial charge on any atom is 0.334 e. The fraction of sp³-hybridized carbons (Fsp3) is 1.00. The first-order valence-corrected chi connectivity index (χ1v) is 8.41. The fourth-order valence-electron chi connectivity index (χ4n) is 1.95. The lowest BCUT2D eigenvalue weighted by Gasteiger charge is -2.28. The molecular weight excluding hydrogens is 192 g/mol. The zero-order valence-electron chi connectivity index (χ0n) is 9.84. The molecule has 0 aromatic heterocycles. The van der Waals surface area contributed by atoms with E-state index in [2.05, 4.69) is 13.5 Å². The Morgan fingerprint density at radius 1 is 1.21 bits per heavy atom. The molecule has 0 saturated heterocycles. The second kappa shape index (κ2) is 5.88. The molecule has 1 unspecified atom stereocenters. The Morgan fingerprint density at radius 2 is 1.86 bits per heavy atom. The van der Waals surface area contributed by atoms with E-state index in [0.717, 1.165) is 18.6 Å². The average Bonchev–Trinajstić information content (AvgIpc) is 2.27. The summed E-state index contributed by atoms with van der Waals surface area (Å²) >= 11 is 0. The Kier molecular flexibility index (Phi) is 5.13. The molecule has 0 aromatic rings. The Bertz CT molecular complexity index is 151. The summed E-state index contributed by atoms with van der Waals surface area (Å²) < 4.78 is 11.5. The SMILES string of the molecule is CC[Si](C)(OC)OCC1CCCCC1. The molecule has 1 fully saturated rings. The smallest absolute Gasteiger partial charge is 0.334 e. The molecule has 1 atom stereocenters. The molecule has 3 heteroatoms. The molecule has 0 aliphatic heterocycles. The van der Waals surface area contributed by atoms with Crippen LogP contribution in [0.15, 0.2) is 0 Å². The van der Waals surface area contributed by atoms with Gasteiger partial charge in [0.05, 0.1) is 0 Å². The Morgan fingerprint density at radius 3 is 2.36 bits per heavy atom. The zero-order valence-corrected chi connectivity index (χ0v) is 10.8. The molecule has 0 N–H and O–H groups in total. The molecule has 14 heavy (non-hydrogen) atoms. The van der Waals surface area contributed by atoms with E-state index in [1.807, 2.05) is 0 Å². The van der Waals surface area contributed by atoms with E-state index in [0.29, 0.717) is 0 Å². The Labute approximate surface area is 89.2 Å². The maximum absolute atomic E-state index is 5.98. The standard InChI is InChI=1S/C11H24O2Si/c1-4-14(3,12-2)13-10-11-8-6-5-7-9-11/h11H,4-10H2,1-3H3. The monoisotopic (exact) mass is 216 g/mol. The predicted octanol–water partition coefficient (Wildman–Crippen LogP) is 3.32. The molecule has 0 bridgehead atoms. The van der Waals surface area contributed by atoms with Crippen LogP contribution >= 0.6 is 0 Å². The van der Waals surface area contributed by atoms with Crippen LogP contribution in [-0.2, 0) is 8.85 Å². The fourth-order valence-corrected chi connectivity index (χ4v) is 3.15. The third kappa shape index (κ3) is 3.71. The van der Waals surface area contributed by atoms with Crippen molar-refractivity contribution in [2.24, 2.45) is 5.92 Å². The van der Waals surface area contributed by atoms with Crippen molar-refractivity contribution in [3.63, 3.8) is 0 Å². The molecule has 0 spiro atoms. The van der Waals surface area contributed by atoms with Gasteiger partial charge in [-0.1, -0.05) is 26.2 Å². The van der Waals surface area contributed by atoms with Crippen LogP contribution in [0, 0.1) is 5.92 Å². The third-order valence-electron chi connectivity index (χ3n) is 3.42. The largest absolute Gasteiger partial charge is 0.398 e. The molecule has 0 radical (unpaired) electrons. The van der Waals surface area contributed by atoms with Crippen LogP contribution < -0.4 is 0 Å². The van der Waals surface area contributed by atoms with Gasteiger partial charge in [0.25, 0.3) is 0 Å². The van der Waals surface area contributed by atoms with E-state index in [1.165, 1.54) is 32.1 Å². The van der Waals surface area contributed by atoms with Crippen LogP contribution in [0.2, 0.25) is 12.6 Å².